The number of nitrogens with zero attached hydrogens (tertiary/aromatic N) is 1. The number of aliphatic hydroxyl groups is 1. The lowest BCUT2D eigenvalue weighted by molar-refractivity contribution is 0.140. The Morgan fingerprint density at radius 3 is 3.11 bits per heavy atom. The largest absolute Gasteiger partial charge is 0.371 e. The van der Waals surface area contributed by atoms with Gasteiger partial charge in [0.1, 0.15) is 5.82 Å². The van der Waals surface area contributed by atoms with E-state index in [4.69, 9.17) is 5.11 Å². The van der Waals surface area contributed by atoms with Crippen molar-refractivity contribution in [3.05, 3.63) is 18.2 Å². The van der Waals surface area contributed by atoms with Gasteiger partial charge in [0, 0.05) is 12.4 Å². The van der Waals surface area contributed by atoms with E-state index in [2.05, 4.69) is 15.3 Å². The summed E-state index contributed by atoms with van der Waals surface area (Å²) in [6.07, 6.45) is 2.58. The van der Waals surface area contributed by atoms with Gasteiger partial charge in [0.2, 0.25) is 0 Å². The van der Waals surface area contributed by atoms with Gasteiger partial charge >= 0.3 is 0 Å². The molecular weight excluding hydrogens is 118 g/mol. The number of hydrogen-bond acceptors (Lipinski definition) is 3. The van der Waals surface area contributed by atoms with Crippen molar-refractivity contribution in [3.8, 4) is 0 Å². The number of rotatable bonds is 2. The van der Waals surface area contributed by atoms with Gasteiger partial charge in [0.05, 0.1) is 0 Å². The van der Waals surface area contributed by atoms with Gasteiger partial charge in [0.15, 0.2) is 6.23 Å². The second-order valence-electron chi connectivity index (χ2n) is 1.67. The zero-order valence-corrected chi connectivity index (χ0v) is 5.13. The number of aromatic nitrogens is 2. The van der Waals surface area contributed by atoms with Gasteiger partial charge in [-0.25, -0.2) is 4.98 Å². The topological polar surface area (TPSA) is 60.9 Å². The van der Waals surface area contributed by atoms with E-state index in [-0.39, 0.29) is 0 Å². The number of H-pyrrole nitrogens is 1. The monoisotopic (exact) mass is 127 g/mol. The van der Waals surface area contributed by atoms with Crippen LogP contribution in [-0.2, 0) is 0 Å². The summed E-state index contributed by atoms with van der Waals surface area (Å²) in [4.78, 5) is 6.58. The molecule has 1 aromatic heterocycles. The third-order valence-electron chi connectivity index (χ3n) is 1.05. The summed E-state index contributed by atoms with van der Waals surface area (Å²) >= 11 is 0. The number of aromatic amines is 1. The number of aliphatic hydroxyl groups excluding tert-OH is 1. The zero-order valence-electron chi connectivity index (χ0n) is 5.13. The fourth-order valence-corrected chi connectivity index (χ4v) is 0.564. The lowest BCUT2D eigenvalue weighted by atomic mass is 10.5. The standard InChI is InChI=1S/C5H9N3O/c1-6-5(9)4-7-2-3-8-4/h2-3,5-6,9H,1H3,(H,7,8). The maximum absolute atomic E-state index is 9.01. The molecule has 0 spiro atoms. The molecule has 1 rings (SSSR count). The van der Waals surface area contributed by atoms with Gasteiger partial charge in [-0.1, -0.05) is 0 Å². The van der Waals surface area contributed by atoms with Crippen LogP contribution in [0.25, 0.3) is 0 Å². The van der Waals surface area contributed by atoms with Crippen LogP contribution >= 0.6 is 0 Å². The highest BCUT2D eigenvalue weighted by molar-refractivity contribution is 4.89. The van der Waals surface area contributed by atoms with Crippen LogP contribution < -0.4 is 5.32 Å². The van der Waals surface area contributed by atoms with Gasteiger partial charge < -0.3 is 10.1 Å². The van der Waals surface area contributed by atoms with E-state index in [1.54, 1.807) is 19.4 Å². The quantitative estimate of drug-likeness (QED) is 0.474. The molecule has 0 aromatic carbocycles. The highest BCUT2D eigenvalue weighted by Gasteiger charge is 2.03. The van der Waals surface area contributed by atoms with Gasteiger partial charge in [-0.3, -0.25) is 5.32 Å². The molecule has 0 saturated carbocycles. The third kappa shape index (κ3) is 1.28. The first-order valence-corrected chi connectivity index (χ1v) is 2.69. The van der Waals surface area contributed by atoms with E-state index < -0.39 is 6.23 Å². The Morgan fingerprint density at radius 1 is 1.89 bits per heavy atom. The molecule has 9 heavy (non-hydrogen) atoms. The molecule has 50 valence electrons. The van der Waals surface area contributed by atoms with Gasteiger partial charge in [-0.15, -0.1) is 0 Å². The first-order chi connectivity index (χ1) is 4.34. The minimum Gasteiger partial charge on any atom is -0.371 e. The molecule has 0 amide bonds. The van der Waals surface area contributed by atoms with Crippen molar-refractivity contribution >= 4 is 0 Å². The Balaban J connectivity index is 2.65. The van der Waals surface area contributed by atoms with E-state index in [1.807, 2.05) is 0 Å². The van der Waals surface area contributed by atoms with Crippen LogP contribution in [0.1, 0.15) is 12.1 Å². The van der Waals surface area contributed by atoms with Crippen molar-refractivity contribution in [1.29, 1.82) is 0 Å². The molecule has 0 bridgehead atoms. The van der Waals surface area contributed by atoms with Gasteiger partial charge in [-0.05, 0) is 7.05 Å². The van der Waals surface area contributed by atoms with Gasteiger partial charge in [0.25, 0.3) is 0 Å². The van der Waals surface area contributed by atoms with E-state index in [0.29, 0.717) is 5.82 Å². The van der Waals surface area contributed by atoms with Crippen LogP contribution in [0.3, 0.4) is 0 Å². The summed E-state index contributed by atoms with van der Waals surface area (Å²) in [7, 11) is 1.66. The molecule has 4 heteroatoms. The van der Waals surface area contributed by atoms with E-state index in [9.17, 15) is 0 Å². The third-order valence-corrected chi connectivity index (χ3v) is 1.05. The molecule has 4 nitrogen and oxygen atoms in total. The number of imidazole rings is 1. The van der Waals surface area contributed by atoms with Crippen LogP contribution in [-0.4, -0.2) is 22.1 Å². The SMILES string of the molecule is CNC(O)c1ncc[nH]1. The number of hydrogen-bond donors (Lipinski definition) is 3. The highest BCUT2D eigenvalue weighted by atomic mass is 16.3. The smallest absolute Gasteiger partial charge is 0.163 e. The Morgan fingerprint density at radius 2 is 2.67 bits per heavy atom. The minimum absolute atomic E-state index is 0.539. The first kappa shape index (κ1) is 6.25. The zero-order chi connectivity index (χ0) is 6.69. The second kappa shape index (κ2) is 2.61. The predicted molar refractivity (Wildman–Crippen MR) is 32.6 cm³/mol. The summed E-state index contributed by atoms with van der Waals surface area (Å²) in [5, 5.41) is 11.6. The van der Waals surface area contributed by atoms with Crippen molar-refractivity contribution < 1.29 is 5.11 Å². The summed E-state index contributed by atoms with van der Waals surface area (Å²) in [5.41, 5.74) is 0. The average Bonchev–Trinajstić information content (AvgIpc) is 2.37. The Labute approximate surface area is 52.9 Å². The summed E-state index contributed by atoms with van der Waals surface area (Å²) in [6.45, 7) is 0. The molecule has 0 aliphatic carbocycles. The molecule has 1 aromatic rings. The Hall–Kier alpha value is -0.870. The molecule has 1 atom stereocenters. The summed E-state index contributed by atoms with van der Waals surface area (Å²) in [6, 6.07) is 0. The summed E-state index contributed by atoms with van der Waals surface area (Å²) in [5.74, 6) is 0.539. The van der Waals surface area contributed by atoms with Crippen molar-refractivity contribution in [2.24, 2.45) is 0 Å². The molecule has 0 fully saturated rings. The minimum atomic E-state index is -0.681. The van der Waals surface area contributed by atoms with Crippen molar-refractivity contribution in [1.82, 2.24) is 15.3 Å². The van der Waals surface area contributed by atoms with E-state index in [1.165, 1.54) is 0 Å². The highest BCUT2D eigenvalue weighted by Crippen LogP contribution is 1.98. The summed E-state index contributed by atoms with van der Waals surface area (Å²) < 4.78 is 0. The molecule has 3 N–H and O–H groups in total. The Bertz CT molecular complexity index is 161. The van der Waals surface area contributed by atoms with Crippen molar-refractivity contribution in [2.45, 2.75) is 6.23 Å². The second-order valence-corrected chi connectivity index (χ2v) is 1.67. The van der Waals surface area contributed by atoms with Crippen LogP contribution in [0.4, 0.5) is 0 Å². The van der Waals surface area contributed by atoms with E-state index >= 15 is 0 Å². The Kier molecular flexibility index (Phi) is 1.81. The normalized spacial score (nSPS) is 13.6. The van der Waals surface area contributed by atoms with Crippen LogP contribution in [0, 0.1) is 0 Å². The van der Waals surface area contributed by atoms with E-state index in [0.717, 1.165) is 0 Å². The molecule has 1 unspecified atom stereocenters. The molecule has 0 aliphatic rings. The lowest BCUT2D eigenvalue weighted by Gasteiger charge is -2.02. The molecule has 0 aliphatic heterocycles. The van der Waals surface area contributed by atoms with Gasteiger partial charge in [-0.2, -0.15) is 0 Å². The number of nitrogens with one attached hydrogen (secondary N) is 2. The maximum Gasteiger partial charge on any atom is 0.163 e. The predicted octanol–water partition coefficient (Wildman–Crippen LogP) is -0.380. The molecular formula is C5H9N3O. The fraction of sp³-hybridized carbons (Fsp3) is 0.400. The average molecular weight is 127 g/mol. The van der Waals surface area contributed by atoms with Crippen LogP contribution in [0.5, 0.6) is 0 Å². The van der Waals surface area contributed by atoms with Crippen molar-refractivity contribution in [3.63, 3.8) is 0 Å². The fourth-order valence-electron chi connectivity index (χ4n) is 0.564. The lowest BCUT2D eigenvalue weighted by Crippen LogP contribution is -2.16. The first-order valence-electron chi connectivity index (χ1n) is 2.69. The van der Waals surface area contributed by atoms with Crippen LogP contribution in [0.15, 0.2) is 12.4 Å². The van der Waals surface area contributed by atoms with Crippen LogP contribution in [0.2, 0.25) is 0 Å². The molecule has 0 saturated heterocycles. The molecule has 1 heterocycles. The molecule has 0 radical (unpaired) electrons. The van der Waals surface area contributed by atoms with Crippen molar-refractivity contribution in [2.75, 3.05) is 7.05 Å². The maximum atomic E-state index is 9.01.